The normalized spacial score (nSPS) is 11.6. The number of hydrogen-bond acceptors (Lipinski definition) is 4. The van der Waals surface area contributed by atoms with Crippen molar-refractivity contribution in [3.05, 3.63) is 212 Å². The Morgan fingerprint density at radius 2 is 0.689 bits per heavy atom. The fourth-order valence-electron chi connectivity index (χ4n) is 8.92. The second kappa shape index (κ2) is 14.3. The highest BCUT2D eigenvalue weighted by molar-refractivity contribution is 6.15. The minimum Gasteiger partial charge on any atom is -0.456 e. The van der Waals surface area contributed by atoms with Gasteiger partial charge in [0.1, 0.15) is 11.2 Å². The zero-order valence-corrected chi connectivity index (χ0v) is 33.0. The number of aromatic nitrogens is 3. The predicted molar refractivity (Wildman–Crippen MR) is 252 cm³/mol. The van der Waals surface area contributed by atoms with Crippen LogP contribution >= 0.6 is 0 Å². The van der Waals surface area contributed by atoms with Gasteiger partial charge < -0.3 is 4.42 Å². The lowest BCUT2D eigenvalue weighted by molar-refractivity contribution is 0.669. The molecule has 0 fully saturated rings. The van der Waals surface area contributed by atoms with E-state index in [-0.39, 0.29) is 0 Å². The molecule has 2 heterocycles. The highest BCUT2D eigenvalue weighted by atomic mass is 16.3. The van der Waals surface area contributed by atoms with E-state index >= 15 is 0 Å². The fourth-order valence-corrected chi connectivity index (χ4v) is 8.92. The van der Waals surface area contributed by atoms with Crippen molar-refractivity contribution in [2.24, 2.45) is 0 Å². The monoisotopic (exact) mass is 777 g/mol. The van der Waals surface area contributed by atoms with Crippen LogP contribution in [-0.4, -0.2) is 15.0 Å². The average Bonchev–Trinajstić information content (AvgIpc) is 3.70. The standard InChI is InChI=1S/C57H35N3O/c1-2-16-43-35-53-51(34-42(43)15-1)54-48(27-12-30-52(54)61-53)44-23-8-21-40(32-44)38-19-7-20-39(31-38)41-22-9-24-45(33-41)55-58-56(49-28-10-17-36-13-3-5-25-46(36)49)60-57(59-55)50-29-11-18-37-14-4-6-26-47(37)50/h1-35H. The van der Waals surface area contributed by atoms with Crippen LogP contribution in [0.5, 0.6) is 0 Å². The Kier molecular flexibility index (Phi) is 8.13. The minimum atomic E-state index is 0.625. The van der Waals surface area contributed by atoms with Gasteiger partial charge in [-0.15, -0.1) is 0 Å². The molecule has 0 amide bonds. The Morgan fingerprint density at radius 1 is 0.262 bits per heavy atom. The van der Waals surface area contributed by atoms with Crippen LogP contribution in [0.4, 0.5) is 0 Å². The van der Waals surface area contributed by atoms with Crippen molar-refractivity contribution in [3.8, 4) is 67.5 Å². The Hall–Kier alpha value is -8.21. The van der Waals surface area contributed by atoms with Crippen molar-refractivity contribution in [1.82, 2.24) is 15.0 Å². The van der Waals surface area contributed by atoms with Crippen molar-refractivity contribution in [3.63, 3.8) is 0 Å². The summed E-state index contributed by atoms with van der Waals surface area (Å²) in [6.07, 6.45) is 0. The van der Waals surface area contributed by atoms with Gasteiger partial charge in [-0.05, 0) is 102 Å². The van der Waals surface area contributed by atoms with Gasteiger partial charge in [0, 0.05) is 27.5 Å². The van der Waals surface area contributed by atoms with Crippen LogP contribution in [0.2, 0.25) is 0 Å². The first-order valence-corrected chi connectivity index (χ1v) is 20.6. The SMILES string of the molecule is c1cc(-c2cccc(-c3nc(-c4cccc5ccccc45)nc(-c4cccc5ccccc45)n3)c2)cc(-c2cccc(-c3cccc4oc5cc6ccccc6cc5c34)c2)c1. The molecule has 0 aliphatic rings. The molecule has 0 unspecified atom stereocenters. The van der Waals surface area contributed by atoms with Crippen LogP contribution in [0, 0.1) is 0 Å². The Balaban J connectivity index is 0.948. The fraction of sp³-hybridized carbons (Fsp3) is 0. The summed E-state index contributed by atoms with van der Waals surface area (Å²) in [5.41, 5.74) is 11.4. The number of fused-ring (bicyclic) bond motifs is 6. The molecule has 12 aromatic rings. The molecule has 2 aromatic heterocycles. The zero-order valence-electron chi connectivity index (χ0n) is 33.0. The lowest BCUT2D eigenvalue weighted by Gasteiger charge is -2.12. The number of rotatable bonds is 6. The minimum absolute atomic E-state index is 0.625. The maximum absolute atomic E-state index is 6.42. The Labute approximate surface area is 352 Å². The summed E-state index contributed by atoms with van der Waals surface area (Å²) in [7, 11) is 0. The molecule has 12 rings (SSSR count). The van der Waals surface area contributed by atoms with Crippen LogP contribution in [0.25, 0.3) is 122 Å². The van der Waals surface area contributed by atoms with Crippen LogP contribution in [0.3, 0.4) is 0 Å². The topological polar surface area (TPSA) is 51.8 Å². The van der Waals surface area contributed by atoms with Crippen LogP contribution in [-0.2, 0) is 0 Å². The van der Waals surface area contributed by atoms with Gasteiger partial charge in [0.15, 0.2) is 17.5 Å². The van der Waals surface area contributed by atoms with Gasteiger partial charge >= 0.3 is 0 Å². The molecule has 61 heavy (non-hydrogen) atoms. The quantitative estimate of drug-likeness (QED) is 0.169. The van der Waals surface area contributed by atoms with Crippen molar-refractivity contribution < 1.29 is 4.42 Å². The van der Waals surface area contributed by atoms with Gasteiger partial charge in [-0.3, -0.25) is 0 Å². The van der Waals surface area contributed by atoms with Crippen LogP contribution < -0.4 is 0 Å². The second-order valence-electron chi connectivity index (χ2n) is 15.6. The predicted octanol–water partition coefficient (Wildman–Crippen LogP) is 15.2. The summed E-state index contributed by atoms with van der Waals surface area (Å²) >= 11 is 0. The molecule has 284 valence electrons. The van der Waals surface area contributed by atoms with E-state index in [1.54, 1.807) is 0 Å². The second-order valence-corrected chi connectivity index (χ2v) is 15.6. The lowest BCUT2D eigenvalue weighted by Crippen LogP contribution is -2.01. The summed E-state index contributed by atoms with van der Waals surface area (Å²) < 4.78 is 6.42. The first kappa shape index (κ1) is 34.8. The molecule has 4 nitrogen and oxygen atoms in total. The molecule has 0 aliphatic heterocycles. The van der Waals surface area contributed by atoms with E-state index in [0.29, 0.717) is 17.5 Å². The van der Waals surface area contributed by atoms with E-state index in [1.165, 1.54) is 10.8 Å². The Morgan fingerprint density at radius 3 is 1.31 bits per heavy atom. The van der Waals surface area contributed by atoms with E-state index < -0.39 is 0 Å². The van der Waals surface area contributed by atoms with E-state index in [0.717, 1.165) is 93.6 Å². The Bertz CT molecular complexity index is 3570. The molecule has 0 saturated carbocycles. The maximum atomic E-state index is 6.42. The van der Waals surface area contributed by atoms with E-state index in [9.17, 15) is 0 Å². The van der Waals surface area contributed by atoms with Crippen LogP contribution in [0.1, 0.15) is 0 Å². The van der Waals surface area contributed by atoms with E-state index in [2.05, 4.69) is 212 Å². The molecular formula is C57H35N3O. The largest absolute Gasteiger partial charge is 0.456 e. The molecule has 4 heteroatoms. The summed E-state index contributed by atoms with van der Waals surface area (Å²) in [6.45, 7) is 0. The first-order valence-electron chi connectivity index (χ1n) is 20.6. The van der Waals surface area contributed by atoms with Crippen molar-refractivity contribution in [2.75, 3.05) is 0 Å². The van der Waals surface area contributed by atoms with Gasteiger partial charge in [0.05, 0.1) is 0 Å². The highest BCUT2D eigenvalue weighted by Crippen LogP contribution is 2.40. The summed E-state index contributed by atoms with van der Waals surface area (Å²) in [5, 5.41) is 9.12. The molecule has 0 N–H and O–H groups in total. The molecule has 0 aliphatic carbocycles. The van der Waals surface area contributed by atoms with Crippen molar-refractivity contribution >= 4 is 54.3 Å². The van der Waals surface area contributed by atoms with Gasteiger partial charge in [0.25, 0.3) is 0 Å². The maximum Gasteiger partial charge on any atom is 0.164 e. The van der Waals surface area contributed by atoms with Crippen LogP contribution in [0.15, 0.2) is 217 Å². The van der Waals surface area contributed by atoms with E-state index in [4.69, 9.17) is 19.4 Å². The first-order chi connectivity index (χ1) is 30.2. The van der Waals surface area contributed by atoms with Gasteiger partial charge in [-0.1, -0.05) is 176 Å². The van der Waals surface area contributed by atoms with Crippen molar-refractivity contribution in [1.29, 1.82) is 0 Å². The van der Waals surface area contributed by atoms with Crippen molar-refractivity contribution in [2.45, 2.75) is 0 Å². The number of nitrogens with zero attached hydrogens (tertiary/aromatic N) is 3. The molecule has 0 spiro atoms. The highest BCUT2D eigenvalue weighted by Gasteiger charge is 2.18. The molecule has 0 saturated heterocycles. The average molecular weight is 778 g/mol. The number of benzene rings is 10. The summed E-state index contributed by atoms with van der Waals surface area (Å²) in [6, 6.07) is 74.7. The third kappa shape index (κ3) is 6.12. The van der Waals surface area contributed by atoms with Gasteiger partial charge in [-0.2, -0.15) is 0 Å². The summed E-state index contributed by atoms with van der Waals surface area (Å²) in [4.78, 5) is 15.5. The molecule has 0 radical (unpaired) electrons. The van der Waals surface area contributed by atoms with Gasteiger partial charge in [0.2, 0.25) is 0 Å². The third-order valence-electron chi connectivity index (χ3n) is 11.9. The van der Waals surface area contributed by atoms with E-state index in [1.807, 2.05) is 0 Å². The zero-order chi connectivity index (χ0) is 40.3. The molecular weight excluding hydrogens is 743 g/mol. The smallest absolute Gasteiger partial charge is 0.164 e. The third-order valence-corrected chi connectivity index (χ3v) is 11.9. The summed E-state index contributed by atoms with van der Waals surface area (Å²) in [5.74, 6) is 1.91. The van der Waals surface area contributed by atoms with Gasteiger partial charge in [-0.25, -0.2) is 15.0 Å². The molecule has 0 atom stereocenters. The molecule has 0 bridgehead atoms. The molecule has 10 aromatic carbocycles. The number of hydrogen-bond donors (Lipinski definition) is 0. The number of furan rings is 1. The lowest BCUT2D eigenvalue weighted by atomic mass is 9.94.